The Bertz CT molecular complexity index is 327. The van der Waals surface area contributed by atoms with Crippen molar-refractivity contribution in [3.05, 3.63) is 34.4 Å². The first kappa shape index (κ1) is 15.6. The van der Waals surface area contributed by atoms with Crippen LogP contribution in [0.15, 0.2) is 12.1 Å². The number of nitrogens with two attached hydrogens (primary N) is 1. The summed E-state index contributed by atoms with van der Waals surface area (Å²) in [5, 5.41) is 8.58. The van der Waals surface area contributed by atoms with Crippen LogP contribution in [0, 0.1) is 11.6 Å². The molecular weight excluding hydrogens is 259 g/mol. The minimum atomic E-state index is -0.755. The smallest absolute Gasteiger partial charge is 0.132 e. The summed E-state index contributed by atoms with van der Waals surface area (Å²) < 4.78 is 26.6. The summed E-state index contributed by atoms with van der Waals surface area (Å²) in [4.78, 5) is 0. The summed E-state index contributed by atoms with van der Waals surface area (Å²) in [6, 6.07) is 1.30. The van der Waals surface area contributed by atoms with Gasteiger partial charge in [-0.3, -0.25) is 0 Å². The number of aliphatic hydroxyl groups is 1. The van der Waals surface area contributed by atoms with E-state index in [2.05, 4.69) is 0 Å². The van der Waals surface area contributed by atoms with E-state index in [9.17, 15) is 8.78 Å². The fraction of sp³-hybridized carbons (Fsp3) is 0.400. The van der Waals surface area contributed by atoms with Crippen LogP contribution in [0.2, 0.25) is 5.02 Å². The normalized spacial score (nSPS) is 12.1. The zero-order valence-corrected chi connectivity index (χ0v) is 9.99. The van der Waals surface area contributed by atoms with E-state index in [4.69, 9.17) is 22.4 Å². The fourth-order valence-electron chi connectivity index (χ4n) is 1.36. The van der Waals surface area contributed by atoms with Crippen molar-refractivity contribution < 1.29 is 13.9 Å². The third-order valence-electron chi connectivity index (χ3n) is 2.09. The number of hydrogen-bond donors (Lipinski definition) is 2. The Balaban J connectivity index is 0.00000225. The van der Waals surface area contributed by atoms with Gasteiger partial charge in [0.1, 0.15) is 11.6 Å². The Morgan fingerprint density at radius 1 is 1.31 bits per heavy atom. The van der Waals surface area contributed by atoms with E-state index in [0.29, 0.717) is 12.8 Å². The van der Waals surface area contributed by atoms with Gasteiger partial charge in [-0.05, 0) is 25.0 Å². The molecule has 0 saturated heterocycles. The summed E-state index contributed by atoms with van der Waals surface area (Å²) in [6.45, 7) is -0.0511. The Morgan fingerprint density at radius 3 is 2.25 bits per heavy atom. The van der Waals surface area contributed by atoms with Gasteiger partial charge in [0.25, 0.3) is 0 Å². The van der Waals surface area contributed by atoms with Crippen LogP contribution in [0.1, 0.15) is 24.4 Å². The molecule has 1 aromatic carbocycles. The van der Waals surface area contributed by atoms with Gasteiger partial charge in [0.15, 0.2) is 0 Å². The molecule has 0 aromatic heterocycles. The summed E-state index contributed by atoms with van der Waals surface area (Å²) in [7, 11) is 0. The van der Waals surface area contributed by atoms with Gasteiger partial charge in [0, 0.05) is 23.2 Å². The van der Waals surface area contributed by atoms with Crippen LogP contribution < -0.4 is 5.73 Å². The van der Waals surface area contributed by atoms with E-state index in [1.54, 1.807) is 0 Å². The molecule has 1 rings (SSSR count). The molecular formula is C10H13Cl2F2NO. The second-order valence-corrected chi connectivity index (χ2v) is 3.69. The van der Waals surface area contributed by atoms with E-state index >= 15 is 0 Å². The second kappa shape index (κ2) is 7.01. The Morgan fingerprint density at radius 2 is 1.81 bits per heavy atom. The first-order chi connectivity index (χ1) is 7.06. The topological polar surface area (TPSA) is 46.2 Å². The molecule has 1 aromatic rings. The van der Waals surface area contributed by atoms with E-state index in [-0.39, 0.29) is 29.6 Å². The lowest BCUT2D eigenvalue weighted by molar-refractivity contribution is 0.279. The van der Waals surface area contributed by atoms with Crippen molar-refractivity contribution in [3.63, 3.8) is 0 Å². The minimum absolute atomic E-state index is 0. The van der Waals surface area contributed by atoms with Gasteiger partial charge in [-0.25, -0.2) is 8.78 Å². The van der Waals surface area contributed by atoms with Crippen molar-refractivity contribution in [3.8, 4) is 0 Å². The molecule has 0 aliphatic rings. The predicted molar refractivity (Wildman–Crippen MR) is 61.9 cm³/mol. The summed E-state index contributed by atoms with van der Waals surface area (Å²) in [5.41, 5.74) is 5.43. The SMILES string of the molecule is Cl.N[C@@H](CCCO)c1c(F)cc(Cl)cc1F. The zero-order valence-electron chi connectivity index (χ0n) is 8.42. The molecule has 0 heterocycles. The third-order valence-corrected chi connectivity index (χ3v) is 2.31. The molecule has 1 atom stereocenters. The molecule has 92 valence electrons. The highest BCUT2D eigenvalue weighted by molar-refractivity contribution is 6.30. The maximum Gasteiger partial charge on any atom is 0.132 e. The van der Waals surface area contributed by atoms with Crippen LogP contribution in [-0.4, -0.2) is 11.7 Å². The Hall–Kier alpha value is -0.420. The highest BCUT2D eigenvalue weighted by Crippen LogP contribution is 2.25. The third kappa shape index (κ3) is 3.87. The first-order valence-electron chi connectivity index (χ1n) is 4.57. The number of halogens is 4. The van der Waals surface area contributed by atoms with Crippen molar-refractivity contribution in [1.29, 1.82) is 0 Å². The molecule has 0 amide bonds. The number of benzene rings is 1. The quantitative estimate of drug-likeness (QED) is 0.885. The summed E-state index contributed by atoms with van der Waals surface area (Å²) in [5.74, 6) is -1.49. The Kier molecular flexibility index (Phi) is 6.83. The standard InChI is InChI=1S/C10H12ClF2NO.ClH/c11-6-4-7(12)10(8(13)5-6)9(14)2-1-3-15;/h4-5,9,15H,1-3,14H2;1H/t9-;/m0./s1. The molecule has 0 aliphatic carbocycles. The maximum atomic E-state index is 13.3. The number of aliphatic hydroxyl groups excluding tert-OH is 1. The monoisotopic (exact) mass is 271 g/mol. The maximum absolute atomic E-state index is 13.3. The van der Waals surface area contributed by atoms with Gasteiger partial charge in [-0.2, -0.15) is 0 Å². The molecule has 3 N–H and O–H groups in total. The van der Waals surface area contributed by atoms with Crippen LogP contribution >= 0.6 is 24.0 Å². The molecule has 0 bridgehead atoms. The van der Waals surface area contributed by atoms with Crippen molar-refractivity contribution in [2.75, 3.05) is 6.61 Å². The largest absolute Gasteiger partial charge is 0.396 e. The van der Waals surface area contributed by atoms with Crippen LogP contribution in [-0.2, 0) is 0 Å². The minimum Gasteiger partial charge on any atom is -0.396 e. The van der Waals surface area contributed by atoms with Gasteiger partial charge < -0.3 is 10.8 Å². The highest BCUT2D eigenvalue weighted by Gasteiger charge is 2.17. The molecule has 0 radical (unpaired) electrons. The van der Waals surface area contributed by atoms with E-state index < -0.39 is 17.7 Å². The molecule has 6 heteroatoms. The van der Waals surface area contributed by atoms with Gasteiger partial charge >= 0.3 is 0 Å². The van der Waals surface area contributed by atoms with Crippen molar-refractivity contribution in [2.45, 2.75) is 18.9 Å². The van der Waals surface area contributed by atoms with Gasteiger partial charge in [-0.15, -0.1) is 12.4 Å². The zero-order chi connectivity index (χ0) is 11.4. The average molecular weight is 272 g/mol. The van der Waals surface area contributed by atoms with Crippen molar-refractivity contribution in [1.82, 2.24) is 0 Å². The fourth-order valence-corrected chi connectivity index (χ4v) is 1.55. The Labute approximate surface area is 104 Å². The molecule has 0 unspecified atom stereocenters. The van der Waals surface area contributed by atoms with E-state index in [1.807, 2.05) is 0 Å². The molecule has 16 heavy (non-hydrogen) atoms. The van der Waals surface area contributed by atoms with Gasteiger partial charge in [-0.1, -0.05) is 11.6 Å². The highest BCUT2D eigenvalue weighted by atomic mass is 35.5. The lowest BCUT2D eigenvalue weighted by Gasteiger charge is -2.13. The summed E-state index contributed by atoms with van der Waals surface area (Å²) in [6.07, 6.45) is 0.731. The molecule has 0 aliphatic heterocycles. The van der Waals surface area contributed by atoms with E-state index in [0.717, 1.165) is 12.1 Å². The van der Waals surface area contributed by atoms with Crippen molar-refractivity contribution >= 4 is 24.0 Å². The average Bonchev–Trinajstić information content (AvgIpc) is 2.12. The van der Waals surface area contributed by atoms with Gasteiger partial charge in [0.2, 0.25) is 0 Å². The number of hydrogen-bond acceptors (Lipinski definition) is 2. The predicted octanol–water partition coefficient (Wildman–Crippen LogP) is 2.81. The van der Waals surface area contributed by atoms with Crippen LogP contribution in [0.3, 0.4) is 0 Å². The molecule has 0 spiro atoms. The first-order valence-corrected chi connectivity index (χ1v) is 4.95. The van der Waals surface area contributed by atoms with Crippen LogP contribution in [0.5, 0.6) is 0 Å². The number of rotatable bonds is 4. The molecule has 2 nitrogen and oxygen atoms in total. The summed E-state index contributed by atoms with van der Waals surface area (Å²) >= 11 is 5.47. The van der Waals surface area contributed by atoms with Crippen LogP contribution in [0.25, 0.3) is 0 Å². The lowest BCUT2D eigenvalue weighted by Crippen LogP contribution is -2.14. The second-order valence-electron chi connectivity index (χ2n) is 3.26. The molecule has 0 fully saturated rings. The lowest BCUT2D eigenvalue weighted by atomic mass is 10.0. The molecule has 0 saturated carbocycles. The van der Waals surface area contributed by atoms with Crippen molar-refractivity contribution in [2.24, 2.45) is 5.73 Å². The van der Waals surface area contributed by atoms with Crippen LogP contribution in [0.4, 0.5) is 8.78 Å². The van der Waals surface area contributed by atoms with Gasteiger partial charge in [0.05, 0.1) is 0 Å². The van der Waals surface area contributed by atoms with E-state index in [1.165, 1.54) is 0 Å².